The van der Waals surface area contributed by atoms with Crippen molar-refractivity contribution in [3.63, 3.8) is 0 Å². The Morgan fingerprint density at radius 3 is 2.79 bits per heavy atom. The predicted octanol–water partition coefficient (Wildman–Crippen LogP) is 2.80. The third kappa shape index (κ3) is 2.07. The molecular weight excluding hydrogens is 174 g/mol. The Kier molecular flexibility index (Phi) is 3.04. The highest BCUT2D eigenvalue weighted by molar-refractivity contribution is 5.51. The Labute approximate surface area is 85.3 Å². The first-order valence-corrected chi connectivity index (χ1v) is 5.23. The fraction of sp³-hybridized carbons (Fsp3) is 0.500. The first-order valence-electron chi connectivity index (χ1n) is 5.23. The molecule has 0 amide bonds. The van der Waals surface area contributed by atoms with Crippen molar-refractivity contribution >= 4 is 5.69 Å². The summed E-state index contributed by atoms with van der Waals surface area (Å²) in [6.07, 6.45) is 3.98. The molecule has 0 spiro atoms. The predicted molar refractivity (Wildman–Crippen MR) is 58.4 cm³/mol. The normalized spacial score (nSPS) is 16.4. The van der Waals surface area contributed by atoms with E-state index in [1.54, 1.807) is 7.11 Å². The van der Waals surface area contributed by atoms with Crippen molar-refractivity contribution in [2.75, 3.05) is 12.4 Å². The van der Waals surface area contributed by atoms with Crippen molar-refractivity contribution in [1.82, 2.24) is 0 Å². The maximum absolute atomic E-state index is 5.16. The highest BCUT2D eigenvalue weighted by Crippen LogP contribution is 2.25. The van der Waals surface area contributed by atoms with Crippen molar-refractivity contribution in [3.05, 3.63) is 29.8 Å². The van der Waals surface area contributed by atoms with Gasteiger partial charge in [0.25, 0.3) is 0 Å². The van der Waals surface area contributed by atoms with E-state index >= 15 is 0 Å². The average Bonchev–Trinajstić information content (AvgIpc) is 2.14. The SMILES string of the molecule is COCc1ccccc1NC1CCC1. The molecule has 14 heavy (non-hydrogen) atoms. The molecule has 0 aromatic heterocycles. The summed E-state index contributed by atoms with van der Waals surface area (Å²) in [5.41, 5.74) is 2.49. The van der Waals surface area contributed by atoms with Crippen LogP contribution in [0.4, 0.5) is 5.69 Å². The minimum absolute atomic E-state index is 0.688. The van der Waals surface area contributed by atoms with E-state index in [0.29, 0.717) is 12.6 Å². The summed E-state index contributed by atoms with van der Waals surface area (Å²) in [7, 11) is 1.74. The third-order valence-corrected chi connectivity index (χ3v) is 2.78. The lowest BCUT2D eigenvalue weighted by atomic mass is 9.92. The molecule has 0 aliphatic heterocycles. The number of hydrogen-bond acceptors (Lipinski definition) is 2. The summed E-state index contributed by atoms with van der Waals surface area (Å²) < 4.78 is 5.16. The van der Waals surface area contributed by atoms with Crippen molar-refractivity contribution < 1.29 is 4.74 Å². The lowest BCUT2D eigenvalue weighted by Crippen LogP contribution is -2.27. The zero-order valence-corrected chi connectivity index (χ0v) is 8.62. The largest absolute Gasteiger partial charge is 0.382 e. The maximum atomic E-state index is 5.16. The van der Waals surface area contributed by atoms with Crippen molar-refractivity contribution in [3.8, 4) is 0 Å². The number of ether oxygens (including phenoxy) is 1. The summed E-state index contributed by atoms with van der Waals surface area (Å²) in [6.45, 7) is 0.690. The topological polar surface area (TPSA) is 21.3 Å². The Balaban J connectivity index is 2.05. The summed E-state index contributed by atoms with van der Waals surface area (Å²) in [5.74, 6) is 0. The van der Waals surface area contributed by atoms with E-state index in [1.807, 2.05) is 0 Å². The van der Waals surface area contributed by atoms with Gasteiger partial charge in [0.1, 0.15) is 0 Å². The average molecular weight is 191 g/mol. The van der Waals surface area contributed by atoms with Crippen molar-refractivity contribution in [2.45, 2.75) is 31.9 Å². The lowest BCUT2D eigenvalue weighted by molar-refractivity contribution is 0.185. The van der Waals surface area contributed by atoms with Crippen LogP contribution in [0.15, 0.2) is 24.3 Å². The van der Waals surface area contributed by atoms with Gasteiger partial charge in [-0.15, -0.1) is 0 Å². The summed E-state index contributed by atoms with van der Waals surface area (Å²) in [5, 5.41) is 3.55. The van der Waals surface area contributed by atoms with Crippen LogP contribution in [0.25, 0.3) is 0 Å². The number of para-hydroxylation sites is 1. The molecule has 1 aromatic carbocycles. The van der Waals surface area contributed by atoms with Crippen molar-refractivity contribution in [1.29, 1.82) is 0 Å². The molecule has 1 fully saturated rings. The molecule has 1 aliphatic carbocycles. The van der Waals surface area contributed by atoms with Gasteiger partial charge in [0.15, 0.2) is 0 Å². The van der Waals surface area contributed by atoms with Crippen LogP contribution >= 0.6 is 0 Å². The van der Waals surface area contributed by atoms with E-state index in [2.05, 4.69) is 29.6 Å². The van der Waals surface area contributed by atoms with Crippen molar-refractivity contribution in [2.24, 2.45) is 0 Å². The van der Waals surface area contributed by atoms with Crippen LogP contribution in [0.3, 0.4) is 0 Å². The Hall–Kier alpha value is -1.02. The molecule has 0 heterocycles. The van der Waals surface area contributed by atoms with E-state index in [0.717, 1.165) is 0 Å². The van der Waals surface area contributed by atoms with Gasteiger partial charge in [0.2, 0.25) is 0 Å². The smallest absolute Gasteiger partial charge is 0.0733 e. The minimum Gasteiger partial charge on any atom is -0.382 e. The first kappa shape index (κ1) is 9.53. The molecule has 1 aromatic rings. The zero-order valence-electron chi connectivity index (χ0n) is 8.62. The van der Waals surface area contributed by atoms with Gasteiger partial charge in [-0.25, -0.2) is 0 Å². The van der Waals surface area contributed by atoms with E-state index in [4.69, 9.17) is 4.74 Å². The van der Waals surface area contributed by atoms with Crippen LogP contribution in [0.5, 0.6) is 0 Å². The van der Waals surface area contributed by atoms with Gasteiger partial charge in [-0.1, -0.05) is 18.2 Å². The highest BCUT2D eigenvalue weighted by atomic mass is 16.5. The van der Waals surface area contributed by atoms with Gasteiger partial charge in [-0.2, -0.15) is 0 Å². The second-order valence-corrected chi connectivity index (χ2v) is 3.86. The molecule has 0 radical (unpaired) electrons. The quantitative estimate of drug-likeness (QED) is 0.790. The molecule has 0 unspecified atom stereocenters. The number of benzene rings is 1. The van der Waals surface area contributed by atoms with Gasteiger partial charge >= 0.3 is 0 Å². The molecule has 0 bridgehead atoms. The molecule has 1 aliphatic rings. The van der Waals surface area contributed by atoms with Crippen LogP contribution in [-0.2, 0) is 11.3 Å². The monoisotopic (exact) mass is 191 g/mol. The van der Waals surface area contributed by atoms with E-state index < -0.39 is 0 Å². The number of nitrogens with one attached hydrogen (secondary N) is 1. The van der Waals surface area contributed by atoms with Gasteiger partial charge in [0, 0.05) is 24.4 Å². The molecule has 2 rings (SSSR count). The summed E-state index contributed by atoms with van der Waals surface area (Å²) >= 11 is 0. The van der Waals surface area contributed by atoms with Crippen LogP contribution < -0.4 is 5.32 Å². The fourth-order valence-corrected chi connectivity index (χ4v) is 1.71. The summed E-state index contributed by atoms with van der Waals surface area (Å²) in [6, 6.07) is 9.06. The highest BCUT2D eigenvalue weighted by Gasteiger charge is 2.17. The molecule has 76 valence electrons. The molecule has 2 nitrogen and oxygen atoms in total. The molecule has 0 saturated heterocycles. The van der Waals surface area contributed by atoms with Crippen LogP contribution in [0.2, 0.25) is 0 Å². The standard InChI is InChI=1S/C12H17NO/c1-14-9-10-5-2-3-8-12(10)13-11-6-4-7-11/h2-3,5,8,11,13H,4,6-7,9H2,1H3. The fourth-order valence-electron chi connectivity index (χ4n) is 1.71. The Morgan fingerprint density at radius 1 is 1.36 bits per heavy atom. The minimum atomic E-state index is 0.688. The number of anilines is 1. The van der Waals surface area contributed by atoms with E-state index in [9.17, 15) is 0 Å². The van der Waals surface area contributed by atoms with Gasteiger partial charge < -0.3 is 10.1 Å². The first-order chi connectivity index (χ1) is 6.90. The number of hydrogen-bond donors (Lipinski definition) is 1. The zero-order chi connectivity index (χ0) is 9.80. The third-order valence-electron chi connectivity index (χ3n) is 2.78. The van der Waals surface area contributed by atoms with Crippen LogP contribution in [0, 0.1) is 0 Å². The van der Waals surface area contributed by atoms with E-state index in [1.165, 1.54) is 30.5 Å². The Morgan fingerprint density at radius 2 is 2.14 bits per heavy atom. The molecule has 1 N–H and O–H groups in total. The number of rotatable bonds is 4. The second-order valence-electron chi connectivity index (χ2n) is 3.86. The summed E-state index contributed by atoms with van der Waals surface area (Å²) in [4.78, 5) is 0. The Bertz CT molecular complexity index is 294. The lowest BCUT2D eigenvalue weighted by Gasteiger charge is -2.28. The molecule has 1 saturated carbocycles. The molecule has 0 atom stereocenters. The maximum Gasteiger partial charge on any atom is 0.0733 e. The molecular formula is C12H17NO. The van der Waals surface area contributed by atoms with Gasteiger partial charge in [-0.3, -0.25) is 0 Å². The van der Waals surface area contributed by atoms with Crippen LogP contribution in [-0.4, -0.2) is 13.2 Å². The van der Waals surface area contributed by atoms with E-state index in [-0.39, 0.29) is 0 Å². The van der Waals surface area contributed by atoms with Crippen LogP contribution in [0.1, 0.15) is 24.8 Å². The number of methoxy groups -OCH3 is 1. The second kappa shape index (κ2) is 4.47. The van der Waals surface area contributed by atoms with Gasteiger partial charge in [-0.05, 0) is 25.3 Å². The van der Waals surface area contributed by atoms with Gasteiger partial charge in [0.05, 0.1) is 6.61 Å². The molecule has 2 heteroatoms.